The maximum Gasteiger partial charge on any atom is 0.416 e. The Labute approximate surface area is 153 Å². The number of carbonyl (C=O) groups is 1. The number of halogens is 5. The summed E-state index contributed by atoms with van der Waals surface area (Å²) in [7, 11) is 0. The Kier molecular flexibility index (Phi) is 5.81. The summed E-state index contributed by atoms with van der Waals surface area (Å²) >= 11 is 12.7. The predicted molar refractivity (Wildman–Crippen MR) is 88.4 cm³/mol. The molecule has 1 N–H and O–H groups in total. The van der Waals surface area contributed by atoms with Gasteiger partial charge in [-0.15, -0.1) is 0 Å². The van der Waals surface area contributed by atoms with Gasteiger partial charge in [-0.2, -0.15) is 13.2 Å². The molecule has 0 spiro atoms. The predicted octanol–water partition coefficient (Wildman–Crippen LogP) is 5.64. The van der Waals surface area contributed by atoms with Crippen molar-refractivity contribution in [2.24, 2.45) is 0 Å². The highest BCUT2D eigenvalue weighted by Gasteiger charge is 2.33. The fourth-order valence-corrected chi connectivity index (χ4v) is 3.43. The molecule has 0 bridgehead atoms. The van der Waals surface area contributed by atoms with Crippen LogP contribution in [0, 0.1) is 10.1 Å². The molecule has 0 aliphatic carbocycles. The van der Waals surface area contributed by atoms with Gasteiger partial charge in [-0.25, -0.2) is 0 Å². The van der Waals surface area contributed by atoms with Crippen molar-refractivity contribution in [3.8, 4) is 0 Å². The van der Waals surface area contributed by atoms with E-state index in [2.05, 4.69) is 5.32 Å². The summed E-state index contributed by atoms with van der Waals surface area (Å²) in [4.78, 5) is 21.0. The quantitative estimate of drug-likeness (QED) is 0.393. The van der Waals surface area contributed by atoms with Gasteiger partial charge in [0.1, 0.15) is 0 Å². The number of amides is 1. The molecule has 2 aromatic rings. The van der Waals surface area contributed by atoms with Gasteiger partial charge in [0, 0.05) is 6.07 Å². The third kappa shape index (κ3) is 4.36. The van der Waals surface area contributed by atoms with E-state index in [-0.39, 0.29) is 25.5 Å². The molecule has 2 aromatic carbocycles. The van der Waals surface area contributed by atoms with Crippen molar-refractivity contribution in [1.29, 1.82) is 0 Å². The van der Waals surface area contributed by atoms with Gasteiger partial charge in [0.15, 0.2) is 0 Å². The lowest BCUT2D eigenvalue weighted by atomic mass is 10.2. The first-order valence-electron chi connectivity index (χ1n) is 6.37. The second-order valence-corrected chi connectivity index (χ2v) is 6.40. The highest BCUT2D eigenvalue weighted by molar-refractivity contribution is 7.99. The molecule has 25 heavy (non-hydrogen) atoms. The number of alkyl halides is 3. The summed E-state index contributed by atoms with van der Waals surface area (Å²) in [5.41, 5.74) is -1.79. The van der Waals surface area contributed by atoms with Crippen molar-refractivity contribution in [3.63, 3.8) is 0 Å². The second kappa shape index (κ2) is 7.51. The Balaban J connectivity index is 2.56. The van der Waals surface area contributed by atoms with Gasteiger partial charge in [-0.3, -0.25) is 14.9 Å². The smallest absolute Gasteiger partial charge is 0.326 e. The van der Waals surface area contributed by atoms with Crippen LogP contribution in [0.5, 0.6) is 0 Å². The first-order valence-corrected chi connectivity index (χ1v) is 7.94. The molecular weight excluding hydrogens is 404 g/mol. The van der Waals surface area contributed by atoms with Crippen LogP contribution in [0.25, 0.3) is 0 Å². The zero-order valence-electron chi connectivity index (χ0n) is 11.9. The van der Waals surface area contributed by atoms with Gasteiger partial charge in [-0.05, 0) is 24.3 Å². The Bertz CT molecular complexity index is 847. The molecule has 0 aromatic heterocycles. The molecule has 0 saturated carbocycles. The van der Waals surface area contributed by atoms with Crippen LogP contribution in [0.15, 0.2) is 40.1 Å². The molecule has 0 fully saturated rings. The van der Waals surface area contributed by atoms with E-state index in [0.29, 0.717) is 12.5 Å². The standard InChI is InChI=1S/C14H7Cl2F3N2O3S/c15-8-2-3-9(16)13(12(8)20-6-22)25-11-4-1-7(14(17,18)19)5-10(11)21(23)24/h1-6H,(H,20,22). The SMILES string of the molecule is O=CNc1c(Cl)ccc(Cl)c1Sc1ccc(C(F)(F)F)cc1[N+](=O)[O-]. The van der Waals surface area contributed by atoms with Crippen LogP contribution in [0.1, 0.15) is 5.56 Å². The number of nitrogens with zero attached hydrogens (tertiary/aromatic N) is 1. The van der Waals surface area contributed by atoms with E-state index in [9.17, 15) is 28.1 Å². The minimum atomic E-state index is -4.72. The molecule has 0 saturated heterocycles. The number of hydrogen-bond acceptors (Lipinski definition) is 4. The number of nitro groups is 1. The van der Waals surface area contributed by atoms with E-state index in [1.165, 1.54) is 12.1 Å². The van der Waals surface area contributed by atoms with Gasteiger partial charge in [-0.1, -0.05) is 35.0 Å². The average Bonchev–Trinajstić information content (AvgIpc) is 2.53. The molecule has 132 valence electrons. The first kappa shape index (κ1) is 19.4. The van der Waals surface area contributed by atoms with Crippen molar-refractivity contribution in [3.05, 3.63) is 56.1 Å². The third-order valence-corrected chi connectivity index (χ3v) is 4.89. The molecule has 0 aliphatic rings. The average molecular weight is 411 g/mol. The van der Waals surface area contributed by atoms with Crippen LogP contribution in [-0.4, -0.2) is 11.3 Å². The monoisotopic (exact) mass is 410 g/mol. The van der Waals surface area contributed by atoms with Gasteiger partial charge < -0.3 is 5.32 Å². The van der Waals surface area contributed by atoms with Crippen molar-refractivity contribution >= 4 is 52.7 Å². The zero-order chi connectivity index (χ0) is 18.8. The number of nitrogens with one attached hydrogen (secondary N) is 1. The summed E-state index contributed by atoms with van der Waals surface area (Å²) in [6.45, 7) is 0. The molecule has 11 heteroatoms. The highest BCUT2D eigenvalue weighted by atomic mass is 35.5. The van der Waals surface area contributed by atoms with Crippen LogP contribution < -0.4 is 5.32 Å². The maximum atomic E-state index is 12.8. The van der Waals surface area contributed by atoms with Crippen LogP contribution in [-0.2, 0) is 11.0 Å². The first-order chi connectivity index (χ1) is 11.6. The minimum Gasteiger partial charge on any atom is -0.326 e. The van der Waals surface area contributed by atoms with Crippen molar-refractivity contribution in [2.45, 2.75) is 16.0 Å². The molecule has 0 aliphatic heterocycles. The molecule has 5 nitrogen and oxygen atoms in total. The second-order valence-electron chi connectivity index (χ2n) is 4.53. The van der Waals surface area contributed by atoms with E-state index in [0.717, 1.165) is 23.9 Å². The molecular formula is C14H7Cl2F3N2O3S. The number of nitro benzene ring substituents is 1. The fourth-order valence-electron chi connectivity index (χ4n) is 1.86. The summed E-state index contributed by atoms with van der Waals surface area (Å²) < 4.78 is 38.3. The van der Waals surface area contributed by atoms with Crippen LogP contribution >= 0.6 is 35.0 Å². The summed E-state index contributed by atoms with van der Waals surface area (Å²) in [5.74, 6) is 0. The molecule has 0 unspecified atom stereocenters. The molecule has 2 rings (SSSR count). The molecule has 0 atom stereocenters. The van der Waals surface area contributed by atoms with E-state index in [1.807, 2.05) is 0 Å². The normalized spacial score (nSPS) is 11.2. The Hall–Kier alpha value is -1.97. The Morgan fingerprint density at radius 1 is 1.16 bits per heavy atom. The molecule has 0 radical (unpaired) electrons. The Morgan fingerprint density at radius 2 is 1.80 bits per heavy atom. The van der Waals surface area contributed by atoms with E-state index in [1.54, 1.807) is 0 Å². The topological polar surface area (TPSA) is 72.2 Å². The highest BCUT2D eigenvalue weighted by Crippen LogP contribution is 2.45. The van der Waals surface area contributed by atoms with Crippen molar-refractivity contribution in [1.82, 2.24) is 0 Å². The largest absolute Gasteiger partial charge is 0.416 e. The van der Waals surface area contributed by atoms with E-state index >= 15 is 0 Å². The number of rotatable bonds is 5. The summed E-state index contributed by atoms with van der Waals surface area (Å²) in [6, 6.07) is 4.93. The lowest BCUT2D eigenvalue weighted by Gasteiger charge is -2.13. The van der Waals surface area contributed by atoms with Crippen LogP contribution in [0.2, 0.25) is 10.0 Å². The number of carbonyl (C=O) groups excluding carboxylic acids is 1. The number of hydrogen-bond donors (Lipinski definition) is 1. The van der Waals surface area contributed by atoms with Crippen LogP contribution in [0.4, 0.5) is 24.5 Å². The lowest BCUT2D eigenvalue weighted by Crippen LogP contribution is -2.06. The number of benzene rings is 2. The van der Waals surface area contributed by atoms with Gasteiger partial charge in [0.05, 0.1) is 36.0 Å². The zero-order valence-corrected chi connectivity index (χ0v) is 14.3. The minimum absolute atomic E-state index is 0.0869. The van der Waals surface area contributed by atoms with Crippen molar-refractivity contribution < 1.29 is 22.9 Å². The van der Waals surface area contributed by atoms with E-state index < -0.39 is 22.4 Å². The van der Waals surface area contributed by atoms with Gasteiger partial charge in [0.2, 0.25) is 6.41 Å². The molecule has 0 heterocycles. The lowest BCUT2D eigenvalue weighted by molar-refractivity contribution is -0.388. The third-order valence-electron chi connectivity index (χ3n) is 2.96. The fraction of sp³-hybridized carbons (Fsp3) is 0.0714. The van der Waals surface area contributed by atoms with Gasteiger partial charge in [0.25, 0.3) is 5.69 Å². The van der Waals surface area contributed by atoms with Crippen molar-refractivity contribution in [2.75, 3.05) is 5.32 Å². The maximum absolute atomic E-state index is 12.8. The summed E-state index contributed by atoms with van der Waals surface area (Å²) in [6.07, 6.45) is -4.38. The van der Waals surface area contributed by atoms with E-state index in [4.69, 9.17) is 23.2 Å². The molecule has 1 amide bonds. The summed E-state index contributed by atoms with van der Waals surface area (Å²) in [5, 5.41) is 13.7. The van der Waals surface area contributed by atoms with Crippen LogP contribution in [0.3, 0.4) is 0 Å². The van der Waals surface area contributed by atoms with Gasteiger partial charge >= 0.3 is 6.18 Å². The number of anilines is 1. The Morgan fingerprint density at radius 3 is 2.36 bits per heavy atom.